The van der Waals surface area contributed by atoms with Crippen molar-refractivity contribution in [1.29, 1.82) is 0 Å². The van der Waals surface area contributed by atoms with Crippen molar-refractivity contribution >= 4 is 0 Å². The third kappa shape index (κ3) is 2.59. The normalized spacial score (nSPS) is 25.9. The molecule has 16 heavy (non-hydrogen) atoms. The largest absolute Gasteiger partial charge is 0.396 e. The van der Waals surface area contributed by atoms with Gasteiger partial charge in [-0.2, -0.15) is 0 Å². The van der Waals surface area contributed by atoms with Crippen molar-refractivity contribution in [2.75, 3.05) is 6.61 Å². The minimum absolute atomic E-state index is 0.293. The summed E-state index contributed by atoms with van der Waals surface area (Å²) in [6.45, 7) is 1.08. The molecule has 2 rings (SSSR count). The molecule has 2 N–H and O–H groups in total. The van der Waals surface area contributed by atoms with Crippen molar-refractivity contribution in [2.24, 2.45) is 13.0 Å². The third-order valence-corrected chi connectivity index (χ3v) is 3.50. The second kappa shape index (κ2) is 5.41. The average Bonchev–Trinajstić information content (AvgIpc) is 2.72. The molecule has 0 bridgehead atoms. The molecule has 1 aliphatic rings. The smallest absolute Gasteiger partial charge is 0.0738 e. The highest BCUT2D eigenvalue weighted by Crippen LogP contribution is 2.24. The topological polar surface area (TPSA) is 63.0 Å². The van der Waals surface area contributed by atoms with E-state index in [-0.39, 0.29) is 0 Å². The van der Waals surface area contributed by atoms with Gasteiger partial charge in [-0.25, -0.2) is 0 Å². The SMILES string of the molecule is Cn1nncc1CNC1CCCCC1CO. The van der Waals surface area contributed by atoms with Gasteiger partial charge in [0.25, 0.3) is 0 Å². The Morgan fingerprint density at radius 1 is 1.50 bits per heavy atom. The molecule has 0 saturated heterocycles. The molecule has 1 heterocycles. The summed E-state index contributed by atoms with van der Waals surface area (Å²) >= 11 is 0. The molecule has 1 aromatic rings. The van der Waals surface area contributed by atoms with Crippen LogP contribution in [0.3, 0.4) is 0 Å². The lowest BCUT2D eigenvalue weighted by Crippen LogP contribution is -2.40. The van der Waals surface area contributed by atoms with Gasteiger partial charge in [-0.1, -0.05) is 18.1 Å². The van der Waals surface area contributed by atoms with Crippen molar-refractivity contribution in [1.82, 2.24) is 20.3 Å². The van der Waals surface area contributed by atoms with Gasteiger partial charge in [-0.15, -0.1) is 5.10 Å². The van der Waals surface area contributed by atoms with Crippen LogP contribution in [0.4, 0.5) is 0 Å². The highest BCUT2D eigenvalue weighted by Gasteiger charge is 2.23. The molecule has 0 amide bonds. The van der Waals surface area contributed by atoms with E-state index in [0.717, 1.165) is 25.1 Å². The molecule has 1 aromatic heterocycles. The van der Waals surface area contributed by atoms with E-state index < -0.39 is 0 Å². The standard InChI is InChI=1S/C11H20N4O/c1-15-10(7-13-14-15)6-12-11-5-3-2-4-9(11)8-16/h7,9,11-12,16H,2-6,8H2,1H3. The zero-order valence-electron chi connectivity index (χ0n) is 9.76. The Hall–Kier alpha value is -0.940. The highest BCUT2D eigenvalue weighted by atomic mass is 16.3. The van der Waals surface area contributed by atoms with E-state index in [9.17, 15) is 5.11 Å². The maximum absolute atomic E-state index is 9.30. The van der Waals surface area contributed by atoms with E-state index >= 15 is 0 Å². The van der Waals surface area contributed by atoms with Crippen molar-refractivity contribution in [3.63, 3.8) is 0 Å². The summed E-state index contributed by atoms with van der Waals surface area (Å²) in [5.74, 6) is 0.412. The molecule has 1 aliphatic carbocycles. The third-order valence-electron chi connectivity index (χ3n) is 3.50. The van der Waals surface area contributed by atoms with Crippen LogP contribution in [0.25, 0.3) is 0 Å². The van der Waals surface area contributed by atoms with Gasteiger partial charge in [0.2, 0.25) is 0 Å². The molecule has 0 spiro atoms. The fraction of sp³-hybridized carbons (Fsp3) is 0.818. The molecule has 2 unspecified atom stereocenters. The Labute approximate surface area is 95.8 Å². The van der Waals surface area contributed by atoms with Crippen molar-refractivity contribution < 1.29 is 5.11 Å². The summed E-state index contributed by atoms with van der Waals surface area (Å²) in [4.78, 5) is 0. The van der Waals surface area contributed by atoms with E-state index in [0.29, 0.717) is 18.6 Å². The van der Waals surface area contributed by atoms with Crippen LogP contribution in [0.5, 0.6) is 0 Å². The van der Waals surface area contributed by atoms with Gasteiger partial charge in [-0.3, -0.25) is 4.68 Å². The van der Waals surface area contributed by atoms with E-state index in [1.165, 1.54) is 12.8 Å². The predicted octanol–water partition coefficient (Wildman–Crippen LogP) is 0.456. The summed E-state index contributed by atoms with van der Waals surface area (Å²) in [7, 11) is 1.90. The Balaban J connectivity index is 1.86. The molecule has 5 nitrogen and oxygen atoms in total. The predicted molar refractivity (Wildman–Crippen MR) is 60.7 cm³/mol. The van der Waals surface area contributed by atoms with Crippen molar-refractivity contribution in [2.45, 2.75) is 38.3 Å². The first-order chi connectivity index (χ1) is 7.81. The number of aliphatic hydroxyl groups excluding tert-OH is 1. The van der Waals surface area contributed by atoms with E-state index in [2.05, 4.69) is 15.6 Å². The molecule has 0 aliphatic heterocycles. The molecule has 5 heteroatoms. The monoisotopic (exact) mass is 224 g/mol. The van der Waals surface area contributed by atoms with Gasteiger partial charge in [0, 0.05) is 26.2 Å². The van der Waals surface area contributed by atoms with Crippen LogP contribution in [0, 0.1) is 5.92 Å². The van der Waals surface area contributed by atoms with Gasteiger partial charge in [-0.05, 0) is 18.8 Å². The minimum atomic E-state index is 0.293. The highest BCUT2D eigenvalue weighted by molar-refractivity contribution is 4.94. The summed E-state index contributed by atoms with van der Waals surface area (Å²) in [5.41, 5.74) is 1.09. The van der Waals surface area contributed by atoms with E-state index in [4.69, 9.17) is 0 Å². The van der Waals surface area contributed by atoms with Gasteiger partial charge >= 0.3 is 0 Å². The number of aliphatic hydroxyl groups is 1. The second-order valence-corrected chi connectivity index (χ2v) is 4.56. The Morgan fingerprint density at radius 2 is 2.31 bits per heavy atom. The molecule has 1 fully saturated rings. The average molecular weight is 224 g/mol. The van der Waals surface area contributed by atoms with E-state index in [1.807, 2.05) is 7.05 Å². The molecule has 1 saturated carbocycles. The zero-order valence-corrected chi connectivity index (χ0v) is 9.76. The number of hydrogen-bond donors (Lipinski definition) is 2. The zero-order chi connectivity index (χ0) is 11.4. The first-order valence-corrected chi connectivity index (χ1v) is 5.99. The molecular weight excluding hydrogens is 204 g/mol. The summed E-state index contributed by atoms with van der Waals surface area (Å²) in [5, 5.41) is 20.6. The van der Waals surface area contributed by atoms with Crippen LogP contribution >= 0.6 is 0 Å². The first-order valence-electron chi connectivity index (χ1n) is 5.99. The second-order valence-electron chi connectivity index (χ2n) is 4.56. The molecular formula is C11H20N4O. The minimum Gasteiger partial charge on any atom is -0.396 e. The maximum Gasteiger partial charge on any atom is 0.0738 e. The van der Waals surface area contributed by atoms with Gasteiger partial charge in [0.05, 0.1) is 11.9 Å². The van der Waals surface area contributed by atoms with Crippen LogP contribution < -0.4 is 5.32 Å². The lowest BCUT2D eigenvalue weighted by atomic mass is 9.85. The van der Waals surface area contributed by atoms with E-state index in [1.54, 1.807) is 10.9 Å². The number of nitrogens with zero attached hydrogens (tertiary/aromatic N) is 3. The number of hydrogen-bond acceptors (Lipinski definition) is 4. The first kappa shape index (κ1) is 11.5. The van der Waals surface area contributed by atoms with Crippen LogP contribution in [0.1, 0.15) is 31.4 Å². The Bertz CT molecular complexity index is 326. The summed E-state index contributed by atoms with van der Waals surface area (Å²) in [6.07, 6.45) is 6.59. The van der Waals surface area contributed by atoms with Crippen molar-refractivity contribution in [3.05, 3.63) is 11.9 Å². The number of aryl methyl sites for hydroxylation is 1. The summed E-state index contributed by atoms with van der Waals surface area (Å²) in [6, 6.07) is 0.439. The lowest BCUT2D eigenvalue weighted by Gasteiger charge is -2.30. The number of nitrogens with one attached hydrogen (secondary N) is 1. The Morgan fingerprint density at radius 3 is 3.00 bits per heavy atom. The van der Waals surface area contributed by atoms with Crippen LogP contribution in [0.15, 0.2) is 6.20 Å². The fourth-order valence-electron chi connectivity index (χ4n) is 2.40. The fourth-order valence-corrected chi connectivity index (χ4v) is 2.40. The van der Waals surface area contributed by atoms with Crippen LogP contribution in [0.2, 0.25) is 0 Å². The maximum atomic E-state index is 9.30. The molecule has 2 atom stereocenters. The van der Waals surface area contributed by atoms with Gasteiger partial charge in [0.1, 0.15) is 0 Å². The van der Waals surface area contributed by atoms with Gasteiger partial charge in [0.15, 0.2) is 0 Å². The van der Waals surface area contributed by atoms with Crippen molar-refractivity contribution in [3.8, 4) is 0 Å². The molecule has 90 valence electrons. The van der Waals surface area contributed by atoms with Gasteiger partial charge < -0.3 is 10.4 Å². The Kier molecular flexibility index (Phi) is 3.90. The lowest BCUT2D eigenvalue weighted by molar-refractivity contribution is 0.152. The van der Waals surface area contributed by atoms with Crippen LogP contribution in [-0.2, 0) is 13.6 Å². The van der Waals surface area contributed by atoms with Crippen LogP contribution in [-0.4, -0.2) is 32.7 Å². The quantitative estimate of drug-likeness (QED) is 0.779. The number of rotatable bonds is 4. The summed E-state index contributed by atoms with van der Waals surface area (Å²) < 4.78 is 1.78. The molecule has 0 aromatic carbocycles. The number of aromatic nitrogens is 3. The molecule has 0 radical (unpaired) electrons.